The van der Waals surface area contributed by atoms with Crippen LogP contribution in [0.5, 0.6) is 0 Å². The summed E-state index contributed by atoms with van der Waals surface area (Å²) in [5.41, 5.74) is -0.276. The molecule has 0 radical (unpaired) electrons. The van der Waals surface area contributed by atoms with Gasteiger partial charge in [0.15, 0.2) is 5.78 Å². The van der Waals surface area contributed by atoms with Crippen LogP contribution in [0.1, 0.15) is 26.7 Å². The van der Waals surface area contributed by atoms with E-state index in [1.807, 2.05) is 13.8 Å². The lowest BCUT2D eigenvalue weighted by Crippen LogP contribution is -2.29. The Kier molecular flexibility index (Phi) is 5.92. The van der Waals surface area contributed by atoms with Crippen LogP contribution in [-0.4, -0.2) is 39.0 Å². The number of methoxy groups -OCH3 is 3. The van der Waals surface area contributed by atoms with Gasteiger partial charge in [-0.3, -0.25) is 4.79 Å². The molecule has 0 amide bonds. The Morgan fingerprint density at radius 3 is 2.07 bits per heavy atom. The van der Waals surface area contributed by atoms with Gasteiger partial charge in [-0.05, 0) is 20.3 Å². The molecule has 4 nitrogen and oxygen atoms in total. The van der Waals surface area contributed by atoms with Crippen molar-refractivity contribution in [2.24, 2.45) is 0 Å². The third-order valence-electron chi connectivity index (χ3n) is 2.22. The van der Waals surface area contributed by atoms with Gasteiger partial charge in [-0.1, -0.05) is 0 Å². The van der Waals surface area contributed by atoms with Crippen LogP contribution in [0, 0.1) is 0 Å². The maximum atomic E-state index is 11.5. The normalized spacial score (nSPS) is 12.1. The zero-order chi connectivity index (χ0) is 11.2. The first kappa shape index (κ1) is 13.5. The minimum atomic E-state index is -0.748. The van der Waals surface area contributed by atoms with E-state index < -0.39 is 6.29 Å². The van der Waals surface area contributed by atoms with Crippen molar-refractivity contribution in [1.29, 1.82) is 0 Å². The van der Waals surface area contributed by atoms with E-state index in [1.54, 1.807) is 7.11 Å². The summed E-state index contributed by atoms with van der Waals surface area (Å²) in [5, 5.41) is 0. The molecule has 0 aromatic rings. The van der Waals surface area contributed by atoms with E-state index in [-0.39, 0.29) is 11.4 Å². The fourth-order valence-corrected chi connectivity index (χ4v) is 1.00. The second kappa shape index (κ2) is 6.11. The highest BCUT2D eigenvalue weighted by Gasteiger charge is 2.22. The number of rotatable bonds is 7. The minimum absolute atomic E-state index is 0.0554. The van der Waals surface area contributed by atoms with E-state index in [9.17, 15) is 4.79 Å². The van der Waals surface area contributed by atoms with Crippen molar-refractivity contribution < 1.29 is 19.0 Å². The molecule has 0 heterocycles. The van der Waals surface area contributed by atoms with E-state index >= 15 is 0 Å². The molecule has 14 heavy (non-hydrogen) atoms. The molecular weight excluding hydrogens is 184 g/mol. The largest absolute Gasteiger partial charge is 0.379 e. The zero-order valence-electron chi connectivity index (χ0n) is 9.62. The van der Waals surface area contributed by atoms with Crippen LogP contribution in [0.25, 0.3) is 0 Å². The standard InChI is InChI=1S/C10H20O4/c1-10(2,14-5)7-6-8(11)9(12-3)13-4/h9H,6-7H2,1-5H3. The van der Waals surface area contributed by atoms with Crippen LogP contribution in [0.3, 0.4) is 0 Å². The summed E-state index contributed by atoms with van der Waals surface area (Å²) < 4.78 is 14.9. The van der Waals surface area contributed by atoms with Crippen LogP contribution < -0.4 is 0 Å². The molecule has 0 rings (SSSR count). The highest BCUT2D eigenvalue weighted by Crippen LogP contribution is 2.16. The Morgan fingerprint density at radius 2 is 1.71 bits per heavy atom. The number of ketones is 1. The Bertz CT molecular complexity index is 173. The second-order valence-corrected chi connectivity index (χ2v) is 3.73. The Labute approximate surface area is 85.5 Å². The maximum absolute atomic E-state index is 11.5. The van der Waals surface area contributed by atoms with Gasteiger partial charge in [-0.2, -0.15) is 0 Å². The first-order valence-corrected chi connectivity index (χ1v) is 4.60. The predicted octanol–water partition coefficient (Wildman–Crippen LogP) is 1.38. The molecule has 0 fully saturated rings. The van der Waals surface area contributed by atoms with Crippen molar-refractivity contribution in [3.63, 3.8) is 0 Å². The van der Waals surface area contributed by atoms with Crippen molar-refractivity contribution in [1.82, 2.24) is 0 Å². The number of Topliss-reactive ketones (excluding diaryl/α,β-unsaturated/α-hetero) is 1. The van der Waals surface area contributed by atoms with Crippen molar-refractivity contribution >= 4 is 5.78 Å². The molecule has 0 spiro atoms. The Hall–Kier alpha value is -0.450. The van der Waals surface area contributed by atoms with Crippen molar-refractivity contribution in [3.05, 3.63) is 0 Å². The summed E-state index contributed by atoms with van der Waals surface area (Å²) >= 11 is 0. The van der Waals surface area contributed by atoms with Gasteiger partial charge >= 0.3 is 0 Å². The highest BCUT2D eigenvalue weighted by molar-refractivity contribution is 5.81. The van der Waals surface area contributed by atoms with E-state index in [0.717, 1.165) is 0 Å². The summed E-state index contributed by atoms with van der Waals surface area (Å²) in [6.45, 7) is 3.88. The van der Waals surface area contributed by atoms with Gasteiger partial charge in [-0.15, -0.1) is 0 Å². The lowest BCUT2D eigenvalue weighted by Gasteiger charge is -2.23. The highest BCUT2D eigenvalue weighted by atomic mass is 16.7. The summed E-state index contributed by atoms with van der Waals surface area (Å²) in [5.74, 6) is -0.0554. The Morgan fingerprint density at radius 1 is 1.21 bits per heavy atom. The van der Waals surface area contributed by atoms with E-state index in [4.69, 9.17) is 14.2 Å². The van der Waals surface area contributed by atoms with Gasteiger partial charge in [0.25, 0.3) is 0 Å². The molecule has 0 aliphatic carbocycles. The number of carbonyl (C=O) groups excluding carboxylic acids is 1. The molecule has 0 atom stereocenters. The van der Waals surface area contributed by atoms with Gasteiger partial charge in [0, 0.05) is 27.8 Å². The molecule has 4 heteroatoms. The number of hydrogen-bond donors (Lipinski definition) is 0. The van der Waals surface area contributed by atoms with Crippen molar-refractivity contribution in [2.75, 3.05) is 21.3 Å². The monoisotopic (exact) mass is 204 g/mol. The topological polar surface area (TPSA) is 44.8 Å². The van der Waals surface area contributed by atoms with Gasteiger partial charge in [-0.25, -0.2) is 0 Å². The molecule has 0 aromatic carbocycles. The third kappa shape index (κ3) is 4.69. The van der Waals surface area contributed by atoms with Gasteiger partial charge in [0.05, 0.1) is 5.60 Å². The van der Waals surface area contributed by atoms with E-state index in [0.29, 0.717) is 12.8 Å². The third-order valence-corrected chi connectivity index (χ3v) is 2.22. The molecule has 84 valence electrons. The lowest BCUT2D eigenvalue weighted by molar-refractivity contribution is -0.157. The Balaban J connectivity index is 3.95. The van der Waals surface area contributed by atoms with Gasteiger partial charge in [0.1, 0.15) is 0 Å². The average Bonchev–Trinajstić information content (AvgIpc) is 2.17. The molecule has 0 bridgehead atoms. The van der Waals surface area contributed by atoms with Crippen LogP contribution in [0.4, 0.5) is 0 Å². The van der Waals surface area contributed by atoms with E-state index in [2.05, 4.69) is 0 Å². The van der Waals surface area contributed by atoms with Crippen LogP contribution >= 0.6 is 0 Å². The molecule has 0 N–H and O–H groups in total. The fraction of sp³-hybridized carbons (Fsp3) is 0.900. The van der Waals surface area contributed by atoms with Gasteiger partial charge in [0.2, 0.25) is 6.29 Å². The van der Waals surface area contributed by atoms with Crippen molar-refractivity contribution in [3.8, 4) is 0 Å². The summed E-state index contributed by atoms with van der Waals surface area (Å²) in [6.07, 6.45) is 0.307. The lowest BCUT2D eigenvalue weighted by atomic mass is 10.0. The fourth-order valence-electron chi connectivity index (χ4n) is 1.00. The summed E-state index contributed by atoms with van der Waals surface area (Å²) in [6, 6.07) is 0. The van der Waals surface area contributed by atoms with Crippen LogP contribution in [0.15, 0.2) is 0 Å². The quantitative estimate of drug-likeness (QED) is 0.588. The number of hydrogen-bond acceptors (Lipinski definition) is 4. The molecule has 0 aromatic heterocycles. The molecular formula is C10H20O4. The maximum Gasteiger partial charge on any atom is 0.217 e. The minimum Gasteiger partial charge on any atom is -0.379 e. The van der Waals surface area contributed by atoms with Crippen molar-refractivity contribution in [2.45, 2.75) is 38.6 Å². The smallest absolute Gasteiger partial charge is 0.217 e. The first-order valence-electron chi connectivity index (χ1n) is 4.60. The SMILES string of the molecule is COC(OC)C(=O)CCC(C)(C)OC. The molecule has 0 unspecified atom stereocenters. The number of carbonyl (C=O) groups is 1. The second-order valence-electron chi connectivity index (χ2n) is 3.73. The molecule has 0 saturated carbocycles. The predicted molar refractivity (Wildman–Crippen MR) is 53.1 cm³/mol. The van der Waals surface area contributed by atoms with Crippen LogP contribution in [-0.2, 0) is 19.0 Å². The molecule has 0 aliphatic heterocycles. The first-order chi connectivity index (χ1) is 6.46. The van der Waals surface area contributed by atoms with E-state index in [1.165, 1.54) is 14.2 Å². The molecule has 0 saturated heterocycles. The number of ether oxygens (including phenoxy) is 3. The summed E-state index contributed by atoms with van der Waals surface area (Å²) in [4.78, 5) is 11.5. The molecule has 0 aliphatic rings. The average molecular weight is 204 g/mol. The van der Waals surface area contributed by atoms with Gasteiger partial charge < -0.3 is 14.2 Å². The summed E-state index contributed by atoms with van der Waals surface area (Å²) in [7, 11) is 4.54. The van der Waals surface area contributed by atoms with Crippen LogP contribution in [0.2, 0.25) is 0 Å². The zero-order valence-corrected chi connectivity index (χ0v) is 9.62.